The summed E-state index contributed by atoms with van der Waals surface area (Å²) in [6.45, 7) is 1.97. The van der Waals surface area contributed by atoms with Crippen LogP contribution in [0.1, 0.15) is 15.9 Å². The number of anilines is 1. The molecule has 4 aromatic rings. The highest BCUT2D eigenvalue weighted by molar-refractivity contribution is 7.13. The first kappa shape index (κ1) is 14.7. The highest BCUT2D eigenvalue weighted by Gasteiger charge is 2.17. The Hall–Kier alpha value is -2.92. The summed E-state index contributed by atoms with van der Waals surface area (Å²) in [4.78, 5) is 18.4. The van der Waals surface area contributed by atoms with Crippen molar-refractivity contribution in [3.63, 3.8) is 0 Å². The molecule has 0 spiro atoms. The Labute approximate surface area is 143 Å². The number of aromatic nitrogens is 2. The van der Waals surface area contributed by atoms with E-state index in [9.17, 15) is 4.79 Å². The third-order valence-electron chi connectivity index (χ3n) is 3.80. The van der Waals surface area contributed by atoms with Crippen molar-refractivity contribution in [3.8, 4) is 10.6 Å². The van der Waals surface area contributed by atoms with Gasteiger partial charge < -0.3 is 5.32 Å². The molecule has 0 unspecified atom stereocenters. The predicted octanol–water partition coefficient (Wildman–Crippen LogP) is 4.62. The van der Waals surface area contributed by atoms with E-state index in [0.717, 1.165) is 21.8 Å². The lowest BCUT2D eigenvalue weighted by Gasteiger charge is -2.07. The van der Waals surface area contributed by atoms with Crippen LogP contribution in [-0.2, 0) is 0 Å². The fraction of sp³-hybridized carbons (Fsp3) is 0.0526. The van der Waals surface area contributed by atoms with Crippen LogP contribution in [0.15, 0.2) is 66.2 Å². The normalized spacial score (nSPS) is 10.9. The number of nitrogens with zero attached hydrogens (tertiary/aromatic N) is 2. The van der Waals surface area contributed by atoms with Crippen LogP contribution in [0.3, 0.4) is 0 Å². The van der Waals surface area contributed by atoms with Crippen LogP contribution in [0.2, 0.25) is 0 Å². The molecule has 1 aromatic carbocycles. The Morgan fingerprint density at radius 3 is 2.83 bits per heavy atom. The number of carbonyl (C=O) groups excluding carboxylic acids is 1. The van der Waals surface area contributed by atoms with E-state index in [4.69, 9.17) is 0 Å². The summed E-state index contributed by atoms with van der Waals surface area (Å²) < 4.78 is 1.91. The molecule has 4 nitrogen and oxygen atoms in total. The molecule has 0 bridgehead atoms. The molecule has 0 saturated carbocycles. The molecule has 0 radical (unpaired) electrons. The van der Waals surface area contributed by atoms with Gasteiger partial charge in [-0.15, -0.1) is 11.3 Å². The average molecular weight is 333 g/mol. The number of nitrogens with one attached hydrogen (secondary N) is 1. The van der Waals surface area contributed by atoms with Crippen LogP contribution >= 0.6 is 11.3 Å². The van der Waals surface area contributed by atoms with E-state index in [0.29, 0.717) is 11.4 Å². The molecule has 4 rings (SSSR count). The van der Waals surface area contributed by atoms with Gasteiger partial charge in [-0.3, -0.25) is 9.20 Å². The molecule has 118 valence electrons. The second-order valence-corrected chi connectivity index (χ2v) is 6.49. The molecule has 3 heterocycles. The fourth-order valence-electron chi connectivity index (χ4n) is 2.67. The van der Waals surface area contributed by atoms with Crippen molar-refractivity contribution in [2.45, 2.75) is 6.92 Å². The largest absolute Gasteiger partial charge is 0.306 e. The van der Waals surface area contributed by atoms with Gasteiger partial charge in [0.1, 0.15) is 17.2 Å². The van der Waals surface area contributed by atoms with Crippen molar-refractivity contribution < 1.29 is 4.79 Å². The Balaban J connectivity index is 1.80. The predicted molar refractivity (Wildman–Crippen MR) is 97.6 cm³/mol. The summed E-state index contributed by atoms with van der Waals surface area (Å²) in [6.07, 6.45) is 1.91. The van der Waals surface area contributed by atoms with Crippen LogP contribution < -0.4 is 5.32 Å². The zero-order chi connectivity index (χ0) is 16.5. The summed E-state index contributed by atoms with van der Waals surface area (Å²) in [7, 11) is 0. The van der Waals surface area contributed by atoms with Crippen molar-refractivity contribution in [1.29, 1.82) is 0 Å². The van der Waals surface area contributed by atoms with E-state index >= 15 is 0 Å². The van der Waals surface area contributed by atoms with E-state index in [-0.39, 0.29) is 5.91 Å². The van der Waals surface area contributed by atoms with Gasteiger partial charge in [-0.1, -0.05) is 29.8 Å². The molecule has 0 fully saturated rings. The minimum absolute atomic E-state index is 0.137. The Morgan fingerprint density at radius 2 is 2.04 bits per heavy atom. The lowest BCUT2D eigenvalue weighted by molar-refractivity contribution is 0.102. The molecular formula is C19H15N3OS. The molecule has 0 atom stereocenters. The quantitative estimate of drug-likeness (QED) is 0.594. The third kappa shape index (κ3) is 2.59. The smallest absolute Gasteiger partial charge is 0.256 e. The van der Waals surface area contributed by atoms with Gasteiger partial charge in [-0.25, -0.2) is 4.98 Å². The van der Waals surface area contributed by atoms with Gasteiger partial charge in [0.25, 0.3) is 5.91 Å². The number of carbonyl (C=O) groups is 1. The van der Waals surface area contributed by atoms with E-state index in [1.807, 2.05) is 77.5 Å². The molecule has 24 heavy (non-hydrogen) atoms. The number of benzene rings is 1. The van der Waals surface area contributed by atoms with Crippen LogP contribution in [0, 0.1) is 6.92 Å². The summed E-state index contributed by atoms with van der Waals surface area (Å²) in [6, 6.07) is 17.3. The van der Waals surface area contributed by atoms with Gasteiger partial charge in [0.15, 0.2) is 0 Å². The van der Waals surface area contributed by atoms with Crippen molar-refractivity contribution >= 4 is 28.7 Å². The summed E-state index contributed by atoms with van der Waals surface area (Å²) in [5.74, 6) is 0.557. The second-order valence-electron chi connectivity index (χ2n) is 5.54. The van der Waals surface area contributed by atoms with Gasteiger partial charge in [0, 0.05) is 11.8 Å². The van der Waals surface area contributed by atoms with E-state index in [1.54, 1.807) is 11.3 Å². The first-order valence-electron chi connectivity index (χ1n) is 7.61. The molecule has 0 aliphatic heterocycles. The molecule has 0 aliphatic rings. The SMILES string of the molecule is Cc1cccc(C(=O)Nc2c(-c3cccs3)nc3ccccn23)c1. The highest BCUT2D eigenvalue weighted by atomic mass is 32.1. The molecule has 3 aromatic heterocycles. The lowest BCUT2D eigenvalue weighted by atomic mass is 10.1. The first-order chi connectivity index (χ1) is 11.7. The van der Waals surface area contributed by atoms with E-state index in [2.05, 4.69) is 10.3 Å². The Kier molecular flexibility index (Phi) is 3.63. The van der Waals surface area contributed by atoms with Gasteiger partial charge in [0.2, 0.25) is 0 Å². The second kappa shape index (κ2) is 5.94. The minimum Gasteiger partial charge on any atom is -0.306 e. The standard InChI is InChI=1S/C19H15N3OS/c1-13-6-4-7-14(12-13)19(23)21-18-17(15-8-5-11-24-15)20-16-9-2-3-10-22(16)18/h2-12H,1H3,(H,21,23). The summed E-state index contributed by atoms with van der Waals surface area (Å²) >= 11 is 1.60. The van der Waals surface area contributed by atoms with Gasteiger partial charge >= 0.3 is 0 Å². The summed E-state index contributed by atoms with van der Waals surface area (Å²) in [5.41, 5.74) is 3.29. The van der Waals surface area contributed by atoms with Crippen molar-refractivity contribution in [2.24, 2.45) is 0 Å². The topological polar surface area (TPSA) is 46.4 Å². The first-order valence-corrected chi connectivity index (χ1v) is 8.49. The number of hydrogen-bond acceptors (Lipinski definition) is 3. The van der Waals surface area contributed by atoms with Crippen molar-refractivity contribution in [2.75, 3.05) is 5.32 Å². The van der Waals surface area contributed by atoms with Gasteiger partial charge in [-0.05, 0) is 42.6 Å². The Bertz CT molecular complexity index is 1020. The van der Waals surface area contributed by atoms with Crippen LogP contribution in [-0.4, -0.2) is 15.3 Å². The molecule has 1 N–H and O–H groups in total. The fourth-order valence-corrected chi connectivity index (χ4v) is 3.38. The Morgan fingerprint density at radius 1 is 1.12 bits per heavy atom. The minimum atomic E-state index is -0.137. The number of amides is 1. The molecule has 0 saturated heterocycles. The third-order valence-corrected chi connectivity index (χ3v) is 4.67. The van der Waals surface area contributed by atoms with Crippen LogP contribution in [0.5, 0.6) is 0 Å². The number of fused-ring (bicyclic) bond motifs is 1. The number of imidazole rings is 1. The monoisotopic (exact) mass is 333 g/mol. The van der Waals surface area contributed by atoms with Gasteiger partial charge in [-0.2, -0.15) is 0 Å². The maximum absolute atomic E-state index is 12.7. The zero-order valence-electron chi connectivity index (χ0n) is 13.1. The van der Waals surface area contributed by atoms with Crippen molar-refractivity contribution in [1.82, 2.24) is 9.38 Å². The maximum atomic E-state index is 12.7. The van der Waals surface area contributed by atoms with Crippen molar-refractivity contribution in [3.05, 3.63) is 77.3 Å². The molecular weight excluding hydrogens is 318 g/mol. The number of thiophene rings is 1. The highest BCUT2D eigenvalue weighted by Crippen LogP contribution is 2.32. The average Bonchev–Trinajstić information content (AvgIpc) is 3.23. The van der Waals surface area contributed by atoms with E-state index in [1.165, 1.54) is 0 Å². The summed E-state index contributed by atoms with van der Waals surface area (Å²) in [5, 5.41) is 5.04. The van der Waals surface area contributed by atoms with Crippen LogP contribution in [0.25, 0.3) is 16.2 Å². The number of aryl methyl sites for hydroxylation is 1. The molecule has 0 aliphatic carbocycles. The molecule has 5 heteroatoms. The van der Waals surface area contributed by atoms with Gasteiger partial charge in [0.05, 0.1) is 4.88 Å². The van der Waals surface area contributed by atoms with Crippen LogP contribution in [0.4, 0.5) is 5.82 Å². The maximum Gasteiger partial charge on any atom is 0.256 e. The van der Waals surface area contributed by atoms with E-state index < -0.39 is 0 Å². The molecule has 1 amide bonds. The number of hydrogen-bond donors (Lipinski definition) is 1. The zero-order valence-corrected chi connectivity index (χ0v) is 13.9. The lowest BCUT2D eigenvalue weighted by Crippen LogP contribution is -2.14. The number of pyridine rings is 1. The number of rotatable bonds is 3.